The first-order chi connectivity index (χ1) is 12.3. The number of anilines is 1. The molecule has 7 heteroatoms. The van der Waals surface area contributed by atoms with Crippen molar-refractivity contribution in [1.29, 1.82) is 0 Å². The number of para-hydroxylation sites is 1. The molecule has 0 unspecified atom stereocenters. The summed E-state index contributed by atoms with van der Waals surface area (Å²) in [6.45, 7) is 2.39. The zero-order valence-electron chi connectivity index (χ0n) is 13.7. The minimum atomic E-state index is -0.115. The van der Waals surface area contributed by atoms with Crippen LogP contribution in [0, 0.1) is 0 Å². The summed E-state index contributed by atoms with van der Waals surface area (Å²) in [7, 11) is 0. The van der Waals surface area contributed by atoms with Crippen LogP contribution in [-0.4, -0.2) is 45.3 Å². The van der Waals surface area contributed by atoms with E-state index in [1.54, 1.807) is 24.7 Å². The Morgan fingerprint density at radius 2 is 2.16 bits per heavy atom. The standard InChI is InChI=1S/C18H18N6O/c25-18(15-5-7-20-17(11-15)24-13-19-12-22-24)21-8-10-23-9-6-14-3-1-2-4-16(14)23/h1-5,7,11-13H,6,8-10H2,(H,21,25). The third-order valence-electron chi connectivity index (χ3n) is 4.31. The molecule has 1 aliphatic rings. The largest absolute Gasteiger partial charge is 0.369 e. The number of benzene rings is 1. The molecule has 0 aliphatic carbocycles. The summed E-state index contributed by atoms with van der Waals surface area (Å²) < 4.78 is 1.53. The third-order valence-corrected chi connectivity index (χ3v) is 4.31. The molecular weight excluding hydrogens is 316 g/mol. The van der Waals surface area contributed by atoms with Crippen molar-refractivity contribution in [2.75, 3.05) is 24.5 Å². The highest BCUT2D eigenvalue weighted by Gasteiger charge is 2.18. The Morgan fingerprint density at radius 1 is 1.24 bits per heavy atom. The summed E-state index contributed by atoms with van der Waals surface area (Å²) in [4.78, 5) is 22.8. The summed E-state index contributed by atoms with van der Waals surface area (Å²) in [5.74, 6) is 0.454. The van der Waals surface area contributed by atoms with Crippen LogP contribution in [0.25, 0.3) is 5.82 Å². The topological polar surface area (TPSA) is 75.9 Å². The molecule has 0 bridgehead atoms. The molecule has 1 aliphatic heterocycles. The Kier molecular flexibility index (Phi) is 4.12. The van der Waals surface area contributed by atoms with Gasteiger partial charge < -0.3 is 10.2 Å². The van der Waals surface area contributed by atoms with Crippen molar-refractivity contribution < 1.29 is 4.79 Å². The van der Waals surface area contributed by atoms with E-state index in [9.17, 15) is 4.79 Å². The molecule has 1 aromatic carbocycles. The molecule has 0 spiro atoms. The second-order valence-electron chi connectivity index (χ2n) is 5.86. The van der Waals surface area contributed by atoms with Gasteiger partial charge in [-0.3, -0.25) is 4.79 Å². The van der Waals surface area contributed by atoms with Gasteiger partial charge in [-0.2, -0.15) is 5.10 Å². The van der Waals surface area contributed by atoms with Crippen molar-refractivity contribution in [2.45, 2.75) is 6.42 Å². The fourth-order valence-electron chi connectivity index (χ4n) is 3.06. The van der Waals surface area contributed by atoms with E-state index in [4.69, 9.17) is 0 Å². The van der Waals surface area contributed by atoms with E-state index in [1.807, 2.05) is 0 Å². The van der Waals surface area contributed by atoms with E-state index in [0.29, 0.717) is 17.9 Å². The highest BCUT2D eigenvalue weighted by molar-refractivity contribution is 5.94. The number of nitrogens with one attached hydrogen (secondary N) is 1. The van der Waals surface area contributed by atoms with Crippen LogP contribution in [0.3, 0.4) is 0 Å². The summed E-state index contributed by atoms with van der Waals surface area (Å²) in [5, 5.41) is 7.00. The number of aromatic nitrogens is 4. The van der Waals surface area contributed by atoms with E-state index < -0.39 is 0 Å². The van der Waals surface area contributed by atoms with Crippen molar-refractivity contribution >= 4 is 11.6 Å². The van der Waals surface area contributed by atoms with Crippen LogP contribution >= 0.6 is 0 Å². The molecule has 1 amide bonds. The van der Waals surface area contributed by atoms with E-state index in [0.717, 1.165) is 19.5 Å². The number of rotatable bonds is 5. The first-order valence-corrected chi connectivity index (χ1v) is 8.23. The Bertz CT molecular complexity index is 877. The minimum absolute atomic E-state index is 0.115. The Morgan fingerprint density at radius 3 is 3.04 bits per heavy atom. The zero-order chi connectivity index (χ0) is 17.1. The molecule has 7 nitrogen and oxygen atoms in total. The predicted molar refractivity (Wildman–Crippen MR) is 93.8 cm³/mol. The molecule has 0 fully saturated rings. The molecule has 0 saturated carbocycles. The van der Waals surface area contributed by atoms with Crippen LogP contribution in [0.2, 0.25) is 0 Å². The van der Waals surface area contributed by atoms with Crippen LogP contribution in [0.15, 0.2) is 55.2 Å². The molecule has 0 atom stereocenters. The van der Waals surface area contributed by atoms with Gasteiger partial charge in [0.15, 0.2) is 5.82 Å². The third kappa shape index (κ3) is 3.21. The number of carbonyl (C=O) groups is 1. The second-order valence-corrected chi connectivity index (χ2v) is 5.86. The van der Waals surface area contributed by atoms with Crippen molar-refractivity contribution in [3.63, 3.8) is 0 Å². The average molecular weight is 334 g/mol. The van der Waals surface area contributed by atoms with Gasteiger partial charge in [-0.15, -0.1) is 0 Å². The maximum atomic E-state index is 12.4. The number of pyridine rings is 1. The van der Waals surface area contributed by atoms with Gasteiger partial charge in [0.25, 0.3) is 5.91 Å². The lowest BCUT2D eigenvalue weighted by Crippen LogP contribution is -2.34. The van der Waals surface area contributed by atoms with Gasteiger partial charge in [-0.05, 0) is 30.2 Å². The molecule has 4 rings (SSSR count). The quantitative estimate of drug-likeness (QED) is 0.764. The molecule has 0 radical (unpaired) electrons. The Hall–Kier alpha value is -3.22. The number of nitrogens with zero attached hydrogens (tertiary/aromatic N) is 5. The van der Waals surface area contributed by atoms with Crippen molar-refractivity contribution in [2.24, 2.45) is 0 Å². The number of hydrogen-bond donors (Lipinski definition) is 1. The normalized spacial score (nSPS) is 12.9. The van der Waals surface area contributed by atoms with Crippen molar-refractivity contribution in [3.05, 3.63) is 66.4 Å². The van der Waals surface area contributed by atoms with Gasteiger partial charge >= 0.3 is 0 Å². The number of amides is 1. The second kappa shape index (κ2) is 6.72. The lowest BCUT2D eigenvalue weighted by atomic mass is 10.2. The van der Waals surface area contributed by atoms with E-state index >= 15 is 0 Å². The Labute approximate surface area is 145 Å². The SMILES string of the molecule is O=C(NCCN1CCc2ccccc21)c1ccnc(-n2cncn2)c1. The molecule has 2 aromatic heterocycles. The molecule has 1 N–H and O–H groups in total. The van der Waals surface area contributed by atoms with E-state index in [2.05, 4.69) is 49.5 Å². The minimum Gasteiger partial charge on any atom is -0.369 e. The lowest BCUT2D eigenvalue weighted by Gasteiger charge is -2.19. The first-order valence-electron chi connectivity index (χ1n) is 8.23. The predicted octanol–water partition coefficient (Wildman–Crippen LogP) is 1.45. The van der Waals surface area contributed by atoms with E-state index in [-0.39, 0.29) is 5.91 Å². The van der Waals surface area contributed by atoms with Crippen LogP contribution < -0.4 is 10.2 Å². The number of hydrogen-bond acceptors (Lipinski definition) is 5. The van der Waals surface area contributed by atoms with Crippen molar-refractivity contribution in [1.82, 2.24) is 25.1 Å². The molecule has 3 aromatic rings. The van der Waals surface area contributed by atoms with Gasteiger partial charge in [0.2, 0.25) is 0 Å². The number of carbonyl (C=O) groups excluding carboxylic acids is 1. The van der Waals surface area contributed by atoms with Crippen LogP contribution in [0.1, 0.15) is 15.9 Å². The van der Waals surface area contributed by atoms with Gasteiger partial charge in [0.05, 0.1) is 0 Å². The highest BCUT2D eigenvalue weighted by atomic mass is 16.1. The average Bonchev–Trinajstić information content (AvgIpc) is 3.32. The fraction of sp³-hybridized carbons (Fsp3) is 0.222. The summed E-state index contributed by atoms with van der Waals surface area (Å²) in [6.07, 6.45) is 5.65. The highest BCUT2D eigenvalue weighted by Crippen LogP contribution is 2.26. The molecule has 25 heavy (non-hydrogen) atoms. The lowest BCUT2D eigenvalue weighted by molar-refractivity contribution is 0.0954. The molecule has 3 heterocycles. The zero-order valence-corrected chi connectivity index (χ0v) is 13.7. The number of fused-ring (bicyclic) bond motifs is 1. The molecular formula is C18H18N6O. The Balaban J connectivity index is 1.36. The molecule has 126 valence electrons. The maximum absolute atomic E-state index is 12.4. The van der Waals surface area contributed by atoms with Crippen molar-refractivity contribution in [3.8, 4) is 5.82 Å². The van der Waals surface area contributed by atoms with E-state index in [1.165, 1.54) is 22.3 Å². The summed E-state index contributed by atoms with van der Waals surface area (Å²) >= 11 is 0. The first kappa shape index (κ1) is 15.3. The smallest absolute Gasteiger partial charge is 0.251 e. The molecule has 0 saturated heterocycles. The van der Waals surface area contributed by atoms with Gasteiger partial charge in [0, 0.05) is 37.1 Å². The van der Waals surface area contributed by atoms with Gasteiger partial charge in [-0.1, -0.05) is 18.2 Å². The van der Waals surface area contributed by atoms with Crippen LogP contribution in [0.4, 0.5) is 5.69 Å². The van der Waals surface area contributed by atoms with Crippen LogP contribution in [-0.2, 0) is 6.42 Å². The van der Waals surface area contributed by atoms with Crippen LogP contribution in [0.5, 0.6) is 0 Å². The summed E-state index contributed by atoms with van der Waals surface area (Å²) in [5.41, 5.74) is 3.21. The monoisotopic (exact) mass is 334 g/mol. The van der Waals surface area contributed by atoms with Gasteiger partial charge in [0.1, 0.15) is 12.7 Å². The fourth-order valence-corrected chi connectivity index (χ4v) is 3.06. The van der Waals surface area contributed by atoms with Gasteiger partial charge in [-0.25, -0.2) is 14.6 Å². The summed E-state index contributed by atoms with van der Waals surface area (Å²) in [6, 6.07) is 11.8. The maximum Gasteiger partial charge on any atom is 0.251 e.